The van der Waals surface area contributed by atoms with Crippen LogP contribution in [-0.2, 0) is 9.73 Å². The van der Waals surface area contributed by atoms with E-state index in [1.807, 2.05) is 50.3 Å². The molecule has 1 aromatic carbocycles. The zero-order valence-corrected chi connectivity index (χ0v) is 15.9. The monoisotopic (exact) mass is 349 g/mol. The number of hydrogen-bond acceptors (Lipinski definition) is 3. The summed E-state index contributed by atoms with van der Waals surface area (Å²) < 4.78 is 17.4. The predicted molar refractivity (Wildman–Crippen MR) is 101 cm³/mol. The van der Waals surface area contributed by atoms with E-state index in [4.69, 9.17) is 0 Å². The Morgan fingerprint density at radius 3 is 2.33 bits per heavy atom. The highest BCUT2D eigenvalue weighted by atomic mass is 32.2. The smallest absolute Gasteiger partial charge is 0.0963 e. The molecule has 0 radical (unpaired) electrons. The maximum absolute atomic E-state index is 13.2. The molecule has 1 aliphatic carbocycles. The molecule has 1 saturated carbocycles. The Kier molecular flexibility index (Phi) is 7.05. The largest absolute Gasteiger partial charge is 0.392 e. The first kappa shape index (κ1) is 19.2. The summed E-state index contributed by atoms with van der Waals surface area (Å²) in [6.07, 6.45) is 7.63. The summed E-state index contributed by atoms with van der Waals surface area (Å²) >= 11 is 0. The summed E-state index contributed by atoms with van der Waals surface area (Å²) in [5.74, 6) is 0.716. The summed E-state index contributed by atoms with van der Waals surface area (Å²) in [5, 5.41) is 12.4. The van der Waals surface area contributed by atoms with E-state index in [2.05, 4.69) is 4.36 Å². The fourth-order valence-electron chi connectivity index (χ4n) is 3.57. The molecule has 24 heavy (non-hydrogen) atoms. The van der Waals surface area contributed by atoms with Crippen molar-refractivity contribution in [1.82, 2.24) is 0 Å². The van der Waals surface area contributed by atoms with Crippen LogP contribution in [0.4, 0.5) is 0 Å². The van der Waals surface area contributed by atoms with E-state index in [-0.39, 0.29) is 11.8 Å². The van der Waals surface area contributed by atoms with Crippen molar-refractivity contribution in [3.05, 3.63) is 41.8 Å². The van der Waals surface area contributed by atoms with Gasteiger partial charge in [-0.1, -0.05) is 57.4 Å². The van der Waals surface area contributed by atoms with E-state index >= 15 is 0 Å². The van der Waals surface area contributed by atoms with Gasteiger partial charge < -0.3 is 5.11 Å². The van der Waals surface area contributed by atoms with Crippen LogP contribution in [0, 0.1) is 17.8 Å². The van der Waals surface area contributed by atoms with Gasteiger partial charge in [-0.2, -0.15) is 0 Å². The lowest BCUT2D eigenvalue weighted by atomic mass is 9.75. The van der Waals surface area contributed by atoms with E-state index in [0.29, 0.717) is 5.92 Å². The zero-order valence-electron chi connectivity index (χ0n) is 15.1. The minimum Gasteiger partial charge on any atom is -0.392 e. The van der Waals surface area contributed by atoms with E-state index in [1.54, 1.807) is 12.5 Å². The van der Waals surface area contributed by atoms with Gasteiger partial charge in [-0.25, -0.2) is 8.57 Å². The first-order valence-corrected chi connectivity index (χ1v) is 10.6. The Morgan fingerprint density at radius 2 is 1.79 bits per heavy atom. The molecule has 0 aliphatic heterocycles. The maximum Gasteiger partial charge on any atom is 0.0963 e. The predicted octanol–water partition coefficient (Wildman–Crippen LogP) is 4.87. The van der Waals surface area contributed by atoms with Gasteiger partial charge in [0.15, 0.2) is 0 Å². The van der Waals surface area contributed by atoms with Crippen molar-refractivity contribution in [2.45, 2.75) is 57.0 Å². The summed E-state index contributed by atoms with van der Waals surface area (Å²) in [7, 11) is -0.960. The Labute approximate surface area is 147 Å². The van der Waals surface area contributed by atoms with Crippen molar-refractivity contribution >= 4 is 9.73 Å². The average Bonchev–Trinajstić information content (AvgIpc) is 2.63. The third-order valence-electron chi connectivity index (χ3n) is 5.11. The molecule has 1 aliphatic rings. The van der Waals surface area contributed by atoms with Crippen molar-refractivity contribution in [3.63, 3.8) is 0 Å². The Bertz CT molecular complexity index is 639. The fourth-order valence-corrected chi connectivity index (χ4v) is 5.00. The molecule has 0 heterocycles. The second-order valence-electron chi connectivity index (χ2n) is 7.10. The molecule has 4 heteroatoms. The van der Waals surface area contributed by atoms with Crippen LogP contribution in [-0.4, -0.2) is 22.5 Å². The number of aliphatic hydroxyl groups is 1. The van der Waals surface area contributed by atoms with Gasteiger partial charge in [0, 0.05) is 18.4 Å². The minimum atomic E-state index is -2.57. The van der Waals surface area contributed by atoms with E-state index in [1.165, 1.54) is 19.3 Å². The molecule has 2 rings (SSSR count). The lowest BCUT2D eigenvalue weighted by Crippen LogP contribution is -2.32. The first-order chi connectivity index (χ1) is 11.5. The molecule has 1 aromatic rings. The maximum atomic E-state index is 13.2. The topological polar surface area (TPSA) is 49.7 Å². The molecule has 134 valence electrons. The summed E-state index contributed by atoms with van der Waals surface area (Å²) in [6.45, 7) is 4.10. The van der Waals surface area contributed by atoms with E-state index in [9.17, 15) is 9.32 Å². The molecule has 0 unspecified atom stereocenters. The van der Waals surface area contributed by atoms with Gasteiger partial charge in [-0.05, 0) is 36.8 Å². The zero-order chi connectivity index (χ0) is 17.6. The minimum absolute atomic E-state index is 0.0524. The van der Waals surface area contributed by atoms with Crippen LogP contribution in [0.15, 0.2) is 51.1 Å². The van der Waals surface area contributed by atoms with Gasteiger partial charge in [-0.3, -0.25) is 0 Å². The van der Waals surface area contributed by atoms with Crippen molar-refractivity contribution in [2.24, 2.45) is 22.1 Å². The summed E-state index contributed by atoms with van der Waals surface area (Å²) in [6, 6.07) is 9.39. The van der Waals surface area contributed by atoms with Crippen LogP contribution in [0.1, 0.15) is 46.0 Å². The number of nitrogens with zero attached hydrogens (tertiary/aromatic N) is 1. The second-order valence-corrected chi connectivity index (χ2v) is 9.35. The molecule has 1 N–H and O–H groups in total. The Balaban J connectivity index is 2.30. The molecule has 3 atom stereocenters. The molecule has 1 fully saturated rings. The van der Waals surface area contributed by atoms with Crippen LogP contribution in [0.3, 0.4) is 0 Å². The first-order valence-electron chi connectivity index (χ1n) is 9.04. The highest BCUT2D eigenvalue weighted by molar-refractivity contribution is 7.96. The molecular weight excluding hydrogens is 318 g/mol. The highest BCUT2D eigenvalue weighted by Crippen LogP contribution is 2.35. The van der Waals surface area contributed by atoms with Crippen LogP contribution < -0.4 is 0 Å². The van der Waals surface area contributed by atoms with E-state index in [0.717, 1.165) is 17.7 Å². The molecule has 0 saturated heterocycles. The van der Waals surface area contributed by atoms with Gasteiger partial charge in [0.2, 0.25) is 0 Å². The third kappa shape index (κ3) is 4.70. The van der Waals surface area contributed by atoms with E-state index < -0.39 is 15.8 Å². The molecular formula is C20H31NO2S. The van der Waals surface area contributed by atoms with Crippen molar-refractivity contribution in [3.8, 4) is 0 Å². The fraction of sp³-hybridized carbons (Fsp3) is 0.600. The van der Waals surface area contributed by atoms with Gasteiger partial charge in [-0.15, -0.1) is 0 Å². The van der Waals surface area contributed by atoms with Crippen molar-refractivity contribution in [1.29, 1.82) is 0 Å². The molecule has 0 aromatic heterocycles. The highest BCUT2D eigenvalue weighted by Gasteiger charge is 2.29. The van der Waals surface area contributed by atoms with Crippen LogP contribution in [0.25, 0.3) is 0 Å². The Hall–Kier alpha value is -1.13. The number of rotatable bonds is 6. The Morgan fingerprint density at radius 1 is 1.17 bits per heavy atom. The van der Waals surface area contributed by atoms with Crippen LogP contribution >= 0.6 is 0 Å². The molecule has 3 nitrogen and oxygen atoms in total. The molecule has 0 amide bonds. The van der Waals surface area contributed by atoms with Gasteiger partial charge >= 0.3 is 0 Å². The van der Waals surface area contributed by atoms with Crippen LogP contribution in [0.2, 0.25) is 0 Å². The quantitative estimate of drug-likeness (QED) is 0.796. The molecule has 0 bridgehead atoms. The summed E-state index contributed by atoms with van der Waals surface area (Å²) in [4.78, 5) is 0.727. The van der Waals surface area contributed by atoms with Gasteiger partial charge in [0.05, 0.1) is 20.7 Å². The van der Waals surface area contributed by atoms with Gasteiger partial charge in [0.25, 0.3) is 0 Å². The third-order valence-corrected chi connectivity index (χ3v) is 7.13. The number of benzene rings is 1. The SMILES string of the molecule is CN=[S@@](=O)(/C=C\[C@@H](C1CCCCC1)[C@@H](O)C(C)C)c1ccccc1. The van der Waals surface area contributed by atoms with Crippen molar-refractivity contribution < 1.29 is 9.32 Å². The average molecular weight is 350 g/mol. The number of hydrogen-bond donors (Lipinski definition) is 1. The lowest BCUT2D eigenvalue weighted by Gasteiger charge is -2.33. The van der Waals surface area contributed by atoms with Gasteiger partial charge in [0.1, 0.15) is 0 Å². The number of aliphatic hydroxyl groups excluding tert-OH is 1. The second kappa shape index (κ2) is 8.82. The normalized spacial score (nSPS) is 21.5. The summed E-state index contributed by atoms with van der Waals surface area (Å²) in [5.41, 5.74) is 0. The van der Waals surface area contributed by atoms with Crippen LogP contribution in [0.5, 0.6) is 0 Å². The van der Waals surface area contributed by atoms with Crippen molar-refractivity contribution in [2.75, 3.05) is 7.05 Å². The standard InChI is InChI=1S/C20H31NO2S/c1-16(2)20(22)19(17-10-6-4-7-11-17)14-15-24(23,21-3)18-12-8-5-9-13-18/h5,8-9,12-17,19-20,22H,4,6-7,10-11H2,1-3H3/b15-14-/t19-,20-,24+/m0/s1. The molecule has 0 spiro atoms. The lowest BCUT2D eigenvalue weighted by molar-refractivity contribution is 0.0483.